The fourth-order valence-electron chi connectivity index (χ4n) is 3.02. The van der Waals surface area contributed by atoms with E-state index in [-0.39, 0.29) is 23.4 Å². The SMILES string of the molecule is CCC(C)[C@@H](c1cc(Br)cc([N+](=O)[O-])c1O)N1CCNCC1. The fraction of sp³-hybridized carbons (Fsp3) is 0.600. The highest BCUT2D eigenvalue weighted by atomic mass is 79.9. The summed E-state index contributed by atoms with van der Waals surface area (Å²) in [7, 11) is 0. The standard InChI is InChI=1S/C15H22BrN3O3/c1-3-10(2)14(18-6-4-17-5-7-18)12-8-11(16)9-13(15(12)20)19(21)22/h8-10,14,17,20H,3-7H2,1-2H3/t10?,14-/m0/s1. The zero-order chi connectivity index (χ0) is 16.3. The summed E-state index contributed by atoms with van der Waals surface area (Å²) >= 11 is 3.33. The van der Waals surface area contributed by atoms with Crippen molar-refractivity contribution in [2.75, 3.05) is 26.2 Å². The molecule has 0 aromatic heterocycles. The Morgan fingerprint density at radius 2 is 2.09 bits per heavy atom. The highest BCUT2D eigenvalue weighted by Gasteiger charge is 2.31. The second kappa shape index (κ2) is 7.39. The number of rotatable bonds is 5. The molecule has 0 amide bonds. The first-order chi connectivity index (χ1) is 10.5. The molecule has 2 atom stereocenters. The summed E-state index contributed by atoms with van der Waals surface area (Å²) in [6.07, 6.45) is 0.939. The van der Waals surface area contributed by atoms with Crippen molar-refractivity contribution in [2.45, 2.75) is 26.3 Å². The lowest BCUT2D eigenvalue weighted by molar-refractivity contribution is -0.386. The van der Waals surface area contributed by atoms with Crippen LogP contribution in [0.5, 0.6) is 5.75 Å². The molecular weight excluding hydrogens is 350 g/mol. The molecule has 0 radical (unpaired) electrons. The Kier molecular flexibility index (Phi) is 5.77. The first-order valence-electron chi connectivity index (χ1n) is 7.57. The lowest BCUT2D eigenvalue weighted by atomic mass is 9.89. The molecule has 2 rings (SSSR count). The van der Waals surface area contributed by atoms with Crippen LogP contribution in [-0.2, 0) is 0 Å². The van der Waals surface area contributed by atoms with Crippen LogP contribution in [-0.4, -0.2) is 41.1 Å². The number of phenols is 1. The molecule has 0 saturated carbocycles. The van der Waals surface area contributed by atoms with E-state index in [0.29, 0.717) is 10.0 Å². The zero-order valence-corrected chi connectivity index (χ0v) is 14.5. The van der Waals surface area contributed by atoms with Crippen LogP contribution >= 0.6 is 15.9 Å². The fourth-order valence-corrected chi connectivity index (χ4v) is 3.48. The summed E-state index contributed by atoms with van der Waals surface area (Å²) in [6, 6.07) is 3.13. The second-order valence-electron chi connectivity index (χ2n) is 5.74. The van der Waals surface area contributed by atoms with Gasteiger partial charge < -0.3 is 10.4 Å². The molecular formula is C15H22BrN3O3. The number of nitrogens with one attached hydrogen (secondary N) is 1. The monoisotopic (exact) mass is 371 g/mol. The lowest BCUT2D eigenvalue weighted by Gasteiger charge is -2.38. The number of phenolic OH excluding ortho intramolecular Hbond substituents is 1. The van der Waals surface area contributed by atoms with E-state index in [1.165, 1.54) is 6.07 Å². The second-order valence-corrected chi connectivity index (χ2v) is 6.65. The van der Waals surface area contributed by atoms with E-state index in [4.69, 9.17) is 0 Å². The number of nitro groups is 1. The molecule has 1 aliphatic rings. The van der Waals surface area contributed by atoms with Crippen molar-refractivity contribution >= 4 is 21.6 Å². The predicted octanol–water partition coefficient (Wildman–Crippen LogP) is 3.06. The lowest BCUT2D eigenvalue weighted by Crippen LogP contribution is -2.46. The molecule has 1 fully saturated rings. The van der Waals surface area contributed by atoms with Crippen molar-refractivity contribution in [3.8, 4) is 5.75 Å². The molecule has 22 heavy (non-hydrogen) atoms. The van der Waals surface area contributed by atoms with Crippen LogP contribution < -0.4 is 5.32 Å². The number of nitro benzene ring substituents is 1. The third kappa shape index (κ3) is 3.59. The number of benzene rings is 1. The van der Waals surface area contributed by atoms with Crippen molar-refractivity contribution in [3.05, 3.63) is 32.3 Å². The van der Waals surface area contributed by atoms with Gasteiger partial charge in [0.05, 0.1) is 4.92 Å². The summed E-state index contributed by atoms with van der Waals surface area (Å²) in [5.74, 6) is 0.0786. The number of aromatic hydroxyl groups is 1. The normalized spacial score (nSPS) is 18.9. The zero-order valence-electron chi connectivity index (χ0n) is 12.9. The van der Waals surface area contributed by atoms with Gasteiger partial charge in [0, 0.05) is 48.3 Å². The van der Waals surface area contributed by atoms with Gasteiger partial charge in [-0.2, -0.15) is 0 Å². The number of hydrogen-bond donors (Lipinski definition) is 2. The van der Waals surface area contributed by atoms with Crippen LogP contribution in [0.1, 0.15) is 31.9 Å². The van der Waals surface area contributed by atoms with Gasteiger partial charge in [-0.25, -0.2) is 0 Å². The third-order valence-corrected chi connectivity index (χ3v) is 4.79. The van der Waals surface area contributed by atoms with Crippen LogP contribution in [0.4, 0.5) is 5.69 Å². The average molecular weight is 372 g/mol. The molecule has 1 aromatic carbocycles. The Bertz CT molecular complexity index is 547. The van der Waals surface area contributed by atoms with Crippen molar-refractivity contribution in [3.63, 3.8) is 0 Å². The van der Waals surface area contributed by atoms with Crippen molar-refractivity contribution in [2.24, 2.45) is 5.92 Å². The summed E-state index contributed by atoms with van der Waals surface area (Å²) in [5, 5.41) is 24.9. The van der Waals surface area contributed by atoms with Gasteiger partial charge in [-0.1, -0.05) is 36.2 Å². The van der Waals surface area contributed by atoms with Gasteiger partial charge in [0.25, 0.3) is 0 Å². The van der Waals surface area contributed by atoms with Gasteiger partial charge in [0.1, 0.15) is 0 Å². The Hall–Kier alpha value is -1.18. The van der Waals surface area contributed by atoms with Crippen LogP contribution in [0.3, 0.4) is 0 Å². The van der Waals surface area contributed by atoms with Gasteiger partial charge in [-0.15, -0.1) is 0 Å². The minimum Gasteiger partial charge on any atom is -0.502 e. The van der Waals surface area contributed by atoms with Gasteiger partial charge in [0.2, 0.25) is 0 Å². The molecule has 7 heteroatoms. The van der Waals surface area contributed by atoms with E-state index in [0.717, 1.165) is 32.6 Å². The Morgan fingerprint density at radius 1 is 1.45 bits per heavy atom. The van der Waals surface area contributed by atoms with Gasteiger partial charge in [-0.05, 0) is 12.0 Å². The highest BCUT2D eigenvalue weighted by Crippen LogP contribution is 2.42. The van der Waals surface area contributed by atoms with Crippen LogP contribution in [0.25, 0.3) is 0 Å². The quantitative estimate of drug-likeness (QED) is 0.614. The number of halogens is 1. The molecule has 1 heterocycles. The average Bonchev–Trinajstić information content (AvgIpc) is 2.51. The van der Waals surface area contributed by atoms with Gasteiger partial charge in [-0.3, -0.25) is 15.0 Å². The predicted molar refractivity (Wildman–Crippen MR) is 89.1 cm³/mol. The molecule has 0 spiro atoms. The topological polar surface area (TPSA) is 78.6 Å². The molecule has 2 N–H and O–H groups in total. The number of nitrogens with zero attached hydrogens (tertiary/aromatic N) is 2. The highest BCUT2D eigenvalue weighted by molar-refractivity contribution is 9.10. The summed E-state index contributed by atoms with van der Waals surface area (Å²) in [6.45, 7) is 7.75. The van der Waals surface area contributed by atoms with E-state index in [1.54, 1.807) is 6.07 Å². The molecule has 1 aliphatic heterocycles. The summed E-state index contributed by atoms with van der Waals surface area (Å²) < 4.78 is 0.621. The Balaban J connectivity index is 2.48. The summed E-state index contributed by atoms with van der Waals surface area (Å²) in [4.78, 5) is 12.9. The van der Waals surface area contributed by atoms with Crippen LogP contribution in [0.15, 0.2) is 16.6 Å². The van der Waals surface area contributed by atoms with E-state index in [1.807, 2.05) is 0 Å². The molecule has 0 bridgehead atoms. The minimum atomic E-state index is -0.533. The van der Waals surface area contributed by atoms with Crippen molar-refractivity contribution < 1.29 is 10.0 Å². The molecule has 6 nitrogen and oxygen atoms in total. The maximum Gasteiger partial charge on any atom is 0.312 e. The minimum absolute atomic E-state index is 0.0247. The maximum absolute atomic E-state index is 11.2. The summed E-state index contributed by atoms with van der Waals surface area (Å²) in [5.41, 5.74) is 0.394. The Morgan fingerprint density at radius 3 is 2.64 bits per heavy atom. The van der Waals surface area contributed by atoms with Gasteiger partial charge >= 0.3 is 5.69 Å². The Labute approximate surface area is 138 Å². The van der Waals surface area contributed by atoms with E-state index in [9.17, 15) is 15.2 Å². The molecule has 1 saturated heterocycles. The van der Waals surface area contributed by atoms with Crippen LogP contribution in [0, 0.1) is 16.0 Å². The van der Waals surface area contributed by atoms with E-state index in [2.05, 4.69) is 40.0 Å². The van der Waals surface area contributed by atoms with E-state index >= 15 is 0 Å². The number of piperazine rings is 1. The first-order valence-corrected chi connectivity index (χ1v) is 8.36. The van der Waals surface area contributed by atoms with Crippen molar-refractivity contribution in [1.82, 2.24) is 10.2 Å². The molecule has 0 aliphatic carbocycles. The van der Waals surface area contributed by atoms with E-state index < -0.39 is 4.92 Å². The molecule has 122 valence electrons. The third-order valence-electron chi connectivity index (χ3n) is 4.33. The largest absolute Gasteiger partial charge is 0.502 e. The maximum atomic E-state index is 11.2. The number of hydrogen-bond acceptors (Lipinski definition) is 5. The molecule has 1 aromatic rings. The van der Waals surface area contributed by atoms with Gasteiger partial charge in [0.15, 0.2) is 5.75 Å². The van der Waals surface area contributed by atoms with Crippen molar-refractivity contribution in [1.29, 1.82) is 0 Å². The molecule has 1 unspecified atom stereocenters. The first kappa shape index (κ1) is 17.2. The smallest absolute Gasteiger partial charge is 0.312 e. The van der Waals surface area contributed by atoms with Crippen LogP contribution in [0.2, 0.25) is 0 Å².